The Kier molecular flexibility index (Phi) is 6.03. The van der Waals surface area contributed by atoms with Gasteiger partial charge in [0.15, 0.2) is 5.75 Å². The van der Waals surface area contributed by atoms with E-state index in [-0.39, 0.29) is 15.7 Å². The molecule has 0 saturated carbocycles. The highest BCUT2D eigenvalue weighted by molar-refractivity contribution is 9.10. The van der Waals surface area contributed by atoms with Crippen molar-refractivity contribution in [2.24, 2.45) is 5.92 Å². The Morgan fingerprint density at radius 1 is 1.43 bits per heavy atom. The number of rotatable bonds is 6. The number of hydrogen-bond acceptors (Lipinski definition) is 4. The number of benzene rings is 1. The largest absolute Gasteiger partial charge is 0.494 e. The molecule has 0 fully saturated rings. The number of nitrogens with one attached hydrogen (secondary N) is 1. The lowest BCUT2D eigenvalue weighted by molar-refractivity contribution is -0.140. The molecule has 1 aromatic carbocycles. The van der Waals surface area contributed by atoms with E-state index in [1.54, 1.807) is 13.8 Å². The SMILES string of the molecule is COc1c(Br)cc(Cl)cc1S(=O)(=O)N[C@H](C(=O)O)C(C)C. The van der Waals surface area contributed by atoms with Crippen molar-refractivity contribution >= 4 is 43.5 Å². The van der Waals surface area contributed by atoms with Crippen LogP contribution in [-0.4, -0.2) is 32.6 Å². The van der Waals surface area contributed by atoms with Gasteiger partial charge < -0.3 is 9.84 Å². The van der Waals surface area contributed by atoms with E-state index in [1.165, 1.54) is 19.2 Å². The average Bonchev–Trinajstić information content (AvgIpc) is 2.34. The zero-order valence-electron chi connectivity index (χ0n) is 11.6. The third-order valence-electron chi connectivity index (χ3n) is 2.68. The van der Waals surface area contributed by atoms with Crippen molar-refractivity contribution < 1.29 is 23.1 Å². The second-order valence-electron chi connectivity index (χ2n) is 4.60. The van der Waals surface area contributed by atoms with Crippen LogP contribution in [0.5, 0.6) is 5.75 Å². The summed E-state index contributed by atoms with van der Waals surface area (Å²) < 4.78 is 32.4. The number of carbonyl (C=O) groups is 1. The Bertz CT molecular complexity index is 647. The summed E-state index contributed by atoms with van der Waals surface area (Å²) in [5.74, 6) is -1.63. The third kappa shape index (κ3) is 4.32. The van der Waals surface area contributed by atoms with Crippen LogP contribution in [0.15, 0.2) is 21.5 Å². The van der Waals surface area contributed by atoms with Crippen molar-refractivity contribution in [1.82, 2.24) is 4.72 Å². The molecule has 0 unspecified atom stereocenters. The minimum atomic E-state index is -4.11. The molecule has 0 bridgehead atoms. The molecule has 0 radical (unpaired) electrons. The predicted octanol–water partition coefficient (Wildman–Crippen LogP) is 2.50. The molecule has 0 saturated heterocycles. The summed E-state index contributed by atoms with van der Waals surface area (Å²) >= 11 is 9.01. The van der Waals surface area contributed by atoms with Crippen molar-refractivity contribution in [3.63, 3.8) is 0 Å². The number of aliphatic carboxylic acids is 1. The zero-order valence-corrected chi connectivity index (χ0v) is 14.7. The van der Waals surface area contributed by atoms with E-state index in [4.69, 9.17) is 21.4 Å². The zero-order chi connectivity index (χ0) is 16.4. The van der Waals surface area contributed by atoms with Crippen molar-refractivity contribution in [2.45, 2.75) is 24.8 Å². The van der Waals surface area contributed by atoms with Crippen LogP contribution >= 0.6 is 27.5 Å². The van der Waals surface area contributed by atoms with Gasteiger partial charge in [-0.25, -0.2) is 8.42 Å². The monoisotopic (exact) mass is 399 g/mol. The van der Waals surface area contributed by atoms with Gasteiger partial charge in [-0.2, -0.15) is 4.72 Å². The number of halogens is 2. The molecule has 6 nitrogen and oxygen atoms in total. The fourth-order valence-electron chi connectivity index (χ4n) is 1.64. The number of carboxylic acids is 1. The van der Waals surface area contributed by atoms with Gasteiger partial charge in [0.05, 0.1) is 11.6 Å². The predicted molar refractivity (Wildman–Crippen MR) is 82.3 cm³/mol. The van der Waals surface area contributed by atoms with Crippen molar-refractivity contribution in [2.75, 3.05) is 7.11 Å². The molecule has 118 valence electrons. The van der Waals surface area contributed by atoms with E-state index in [9.17, 15) is 13.2 Å². The minimum absolute atomic E-state index is 0.0554. The Morgan fingerprint density at radius 2 is 2.00 bits per heavy atom. The molecule has 0 amide bonds. The lowest BCUT2D eigenvalue weighted by atomic mass is 10.1. The van der Waals surface area contributed by atoms with E-state index in [0.717, 1.165) is 0 Å². The number of hydrogen-bond donors (Lipinski definition) is 2. The molecule has 0 aromatic heterocycles. The first-order chi connectivity index (χ1) is 9.60. The van der Waals surface area contributed by atoms with Crippen LogP contribution in [-0.2, 0) is 14.8 Å². The quantitative estimate of drug-likeness (QED) is 0.765. The Labute approximate surface area is 136 Å². The van der Waals surface area contributed by atoms with Gasteiger partial charge in [0, 0.05) is 5.02 Å². The van der Waals surface area contributed by atoms with Crippen molar-refractivity contribution in [3.05, 3.63) is 21.6 Å². The highest BCUT2D eigenvalue weighted by atomic mass is 79.9. The van der Waals surface area contributed by atoms with Crippen LogP contribution in [0.4, 0.5) is 0 Å². The number of ether oxygens (including phenoxy) is 1. The first-order valence-electron chi connectivity index (χ1n) is 5.88. The van der Waals surface area contributed by atoms with E-state index < -0.39 is 28.0 Å². The van der Waals surface area contributed by atoms with Crippen molar-refractivity contribution in [3.8, 4) is 5.75 Å². The van der Waals surface area contributed by atoms with Gasteiger partial charge in [0.25, 0.3) is 0 Å². The van der Waals surface area contributed by atoms with Gasteiger partial charge >= 0.3 is 5.97 Å². The van der Waals surface area contributed by atoms with E-state index in [1.807, 2.05) is 0 Å². The smallest absolute Gasteiger partial charge is 0.322 e. The molecule has 1 rings (SSSR count). The van der Waals surface area contributed by atoms with Crippen LogP contribution in [0.1, 0.15) is 13.8 Å². The van der Waals surface area contributed by atoms with Gasteiger partial charge in [-0.1, -0.05) is 25.4 Å². The molecule has 0 aliphatic carbocycles. The van der Waals surface area contributed by atoms with Crippen LogP contribution in [0, 0.1) is 5.92 Å². The maximum Gasteiger partial charge on any atom is 0.322 e. The number of sulfonamides is 1. The molecule has 1 aromatic rings. The first kappa shape index (κ1) is 18.2. The normalized spacial score (nSPS) is 13.2. The second-order valence-corrected chi connectivity index (χ2v) is 7.57. The van der Waals surface area contributed by atoms with E-state index >= 15 is 0 Å². The molecule has 21 heavy (non-hydrogen) atoms. The van der Waals surface area contributed by atoms with Crippen LogP contribution in [0.25, 0.3) is 0 Å². The summed E-state index contributed by atoms with van der Waals surface area (Å²) in [6.45, 7) is 3.21. The average molecular weight is 401 g/mol. The fourth-order valence-corrected chi connectivity index (χ4v) is 4.36. The highest BCUT2D eigenvalue weighted by Gasteiger charge is 2.30. The Balaban J connectivity index is 3.34. The molecule has 0 aliphatic heterocycles. The number of carboxylic acid groups (broad SMARTS) is 1. The Hall–Kier alpha value is -0.830. The molecule has 0 aliphatic rings. The molecule has 0 spiro atoms. The minimum Gasteiger partial charge on any atom is -0.494 e. The van der Waals surface area contributed by atoms with Gasteiger partial charge in [-0.3, -0.25) is 4.79 Å². The van der Waals surface area contributed by atoms with E-state index in [2.05, 4.69) is 20.7 Å². The first-order valence-corrected chi connectivity index (χ1v) is 8.53. The van der Waals surface area contributed by atoms with Crippen LogP contribution in [0.3, 0.4) is 0 Å². The van der Waals surface area contributed by atoms with Gasteiger partial charge in [0.1, 0.15) is 10.9 Å². The molecular formula is C12H15BrClNO5S. The topological polar surface area (TPSA) is 92.7 Å². The molecular weight excluding hydrogens is 386 g/mol. The van der Waals surface area contributed by atoms with Crippen LogP contribution in [0.2, 0.25) is 5.02 Å². The lowest BCUT2D eigenvalue weighted by Gasteiger charge is -2.19. The molecule has 2 N–H and O–H groups in total. The molecule has 9 heteroatoms. The second kappa shape index (κ2) is 6.95. The summed E-state index contributed by atoms with van der Waals surface area (Å²) in [6.07, 6.45) is 0. The van der Waals surface area contributed by atoms with Gasteiger partial charge in [-0.15, -0.1) is 0 Å². The van der Waals surface area contributed by atoms with Crippen molar-refractivity contribution in [1.29, 1.82) is 0 Å². The fraction of sp³-hybridized carbons (Fsp3) is 0.417. The number of methoxy groups -OCH3 is 1. The summed E-state index contributed by atoms with van der Waals surface area (Å²) in [4.78, 5) is 10.9. The lowest BCUT2D eigenvalue weighted by Crippen LogP contribution is -2.44. The Morgan fingerprint density at radius 3 is 2.43 bits per heavy atom. The third-order valence-corrected chi connectivity index (χ3v) is 4.94. The summed E-state index contributed by atoms with van der Waals surface area (Å²) in [5.41, 5.74) is 0. The summed E-state index contributed by atoms with van der Waals surface area (Å²) in [7, 11) is -2.80. The summed E-state index contributed by atoms with van der Waals surface area (Å²) in [6, 6.07) is 1.43. The molecule has 0 heterocycles. The summed E-state index contributed by atoms with van der Waals surface area (Å²) in [5, 5.41) is 9.28. The highest BCUT2D eigenvalue weighted by Crippen LogP contribution is 2.35. The standard InChI is InChI=1S/C12H15BrClNO5S/c1-6(2)10(12(16)17)15-21(18,19)9-5-7(14)4-8(13)11(9)20-3/h4-6,10,15H,1-3H3,(H,16,17)/t10-/m0/s1. The van der Waals surface area contributed by atoms with Crippen LogP contribution < -0.4 is 9.46 Å². The maximum absolute atomic E-state index is 12.4. The van der Waals surface area contributed by atoms with E-state index in [0.29, 0.717) is 4.47 Å². The van der Waals surface area contributed by atoms with Gasteiger partial charge in [0.2, 0.25) is 10.0 Å². The van der Waals surface area contributed by atoms with Gasteiger partial charge in [-0.05, 0) is 34.0 Å². The molecule has 1 atom stereocenters. The maximum atomic E-state index is 12.4.